The van der Waals surface area contributed by atoms with Crippen molar-refractivity contribution in [3.63, 3.8) is 0 Å². The maximum atomic E-state index is 12.5. The third-order valence-corrected chi connectivity index (χ3v) is 4.99. The monoisotopic (exact) mass is 409 g/mol. The van der Waals surface area contributed by atoms with E-state index >= 15 is 0 Å². The molecule has 1 saturated heterocycles. The second-order valence-corrected chi connectivity index (χ2v) is 7.30. The van der Waals surface area contributed by atoms with Gasteiger partial charge < -0.3 is 9.64 Å². The number of carbonyl (C=O) groups is 3. The number of nitrogens with zero attached hydrogens (tertiary/aromatic N) is 1. The average Bonchev–Trinajstić information content (AvgIpc) is 3.13. The first kappa shape index (κ1) is 21.4. The first-order valence-electron chi connectivity index (χ1n) is 10.2. The van der Waals surface area contributed by atoms with Gasteiger partial charge in [-0.3, -0.25) is 25.2 Å². The van der Waals surface area contributed by atoms with Crippen molar-refractivity contribution in [2.45, 2.75) is 32.7 Å². The number of amides is 3. The van der Waals surface area contributed by atoms with Crippen molar-refractivity contribution < 1.29 is 19.1 Å². The van der Waals surface area contributed by atoms with Gasteiger partial charge in [-0.05, 0) is 24.1 Å². The molecule has 3 amide bonds. The van der Waals surface area contributed by atoms with Crippen LogP contribution in [0.2, 0.25) is 0 Å². The summed E-state index contributed by atoms with van der Waals surface area (Å²) in [6.45, 7) is 3.38. The van der Waals surface area contributed by atoms with E-state index in [1.54, 1.807) is 29.2 Å². The lowest BCUT2D eigenvalue weighted by atomic mass is 10.1. The minimum Gasteiger partial charge on any atom is -0.493 e. The maximum Gasteiger partial charge on any atom is 0.273 e. The number of nitrogens with one attached hydrogen (secondary N) is 2. The third kappa shape index (κ3) is 5.59. The molecule has 0 aromatic heterocycles. The molecule has 7 heteroatoms. The number of hydrogen-bond acceptors (Lipinski definition) is 4. The van der Waals surface area contributed by atoms with Crippen LogP contribution >= 0.6 is 0 Å². The van der Waals surface area contributed by atoms with Gasteiger partial charge in [-0.2, -0.15) is 0 Å². The van der Waals surface area contributed by atoms with Crippen LogP contribution in [0.4, 0.5) is 0 Å². The molecule has 1 aliphatic heterocycles. The van der Waals surface area contributed by atoms with E-state index in [9.17, 15) is 14.4 Å². The minimum atomic E-state index is -0.502. The molecule has 0 bridgehead atoms. The molecule has 0 saturated carbocycles. The Balaban J connectivity index is 1.52. The lowest BCUT2D eigenvalue weighted by Gasteiger charge is -2.17. The molecule has 2 aromatic carbocycles. The van der Waals surface area contributed by atoms with Crippen molar-refractivity contribution in [2.75, 3.05) is 13.2 Å². The fourth-order valence-electron chi connectivity index (χ4n) is 3.30. The normalized spacial score (nSPS) is 15.7. The highest BCUT2D eigenvalue weighted by Crippen LogP contribution is 2.21. The van der Waals surface area contributed by atoms with Crippen molar-refractivity contribution in [3.05, 3.63) is 65.7 Å². The summed E-state index contributed by atoms with van der Waals surface area (Å²) < 4.78 is 5.67. The number of hydrogen-bond donors (Lipinski definition) is 2. The van der Waals surface area contributed by atoms with E-state index in [-0.39, 0.29) is 18.2 Å². The highest BCUT2D eigenvalue weighted by atomic mass is 16.5. The van der Waals surface area contributed by atoms with Gasteiger partial charge in [-0.15, -0.1) is 0 Å². The fourth-order valence-corrected chi connectivity index (χ4v) is 3.30. The number of unbranched alkanes of at least 4 members (excludes halogenated alkanes) is 1. The Labute approximate surface area is 176 Å². The summed E-state index contributed by atoms with van der Waals surface area (Å²) in [7, 11) is 0. The van der Waals surface area contributed by atoms with Crippen molar-refractivity contribution in [2.24, 2.45) is 5.92 Å². The summed E-state index contributed by atoms with van der Waals surface area (Å²) in [5.74, 6) is -0.933. The Kier molecular flexibility index (Phi) is 7.43. The van der Waals surface area contributed by atoms with Gasteiger partial charge in [0.25, 0.3) is 5.91 Å². The molecule has 7 nitrogen and oxygen atoms in total. The highest BCUT2D eigenvalue weighted by molar-refractivity contribution is 5.98. The van der Waals surface area contributed by atoms with Crippen LogP contribution in [0.1, 0.15) is 42.1 Å². The molecule has 1 aliphatic rings. The minimum absolute atomic E-state index is 0.0694. The number of rotatable bonds is 8. The Morgan fingerprint density at radius 2 is 1.80 bits per heavy atom. The number of likely N-dealkylation sites (tertiary alicyclic amines) is 1. The second-order valence-electron chi connectivity index (χ2n) is 7.30. The lowest BCUT2D eigenvalue weighted by molar-refractivity contribution is -0.129. The standard InChI is InChI=1S/C23H27N3O4/c1-2-3-13-30-20-12-8-7-11-19(20)23(29)25-24-22(28)18-14-21(27)26(16-18)15-17-9-5-4-6-10-17/h4-12,18H,2-3,13-16H2,1H3,(H,24,28)(H,25,29). The second kappa shape index (κ2) is 10.4. The van der Waals surface area contributed by atoms with Crippen LogP contribution in [0.25, 0.3) is 0 Å². The van der Waals surface area contributed by atoms with E-state index in [2.05, 4.69) is 17.8 Å². The molecule has 2 aromatic rings. The Morgan fingerprint density at radius 1 is 1.07 bits per heavy atom. The van der Waals surface area contributed by atoms with Gasteiger partial charge in [0.2, 0.25) is 11.8 Å². The highest BCUT2D eigenvalue weighted by Gasteiger charge is 2.34. The average molecular weight is 409 g/mol. The quantitative estimate of drug-likeness (QED) is 0.518. The molecule has 0 spiro atoms. The predicted octanol–water partition coefficient (Wildman–Crippen LogP) is 2.68. The predicted molar refractivity (Wildman–Crippen MR) is 112 cm³/mol. The number of hydrazine groups is 1. The van der Waals surface area contributed by atoms with E-state index in [1.165, 1.54) is 0 Å². The molecule has 30 heavy (non-hydrogen) atoms. The summed E-state index contributed by atoms with van der Waals surface area (Å²) in [6.07, 6.45) is 2.01. The fraction of sp³-hybridized carbons (Fsp3) is 0.348. The maximum absolute atomic E-state index is 12.5. The summed E-state index contributed by atoms with van der Waals surface area (Å²) in [5.41, 5.74) is 6.25. The lowest BCUT2D eigenvalue weighted by Crippen LogP contribution is -2.45. The van der Waals surface area contributed by atoms with Crippen molar-refractivity contribution in [3.8, 4) is 5.75 Å². The molecule has 1 heterocycles. The first-order valence-corrected chi connectivity index (χ1v) is 10.2. The number of ether oxygens (including phenoxy) is 1. The van der Waals surface area contributed by atoms with E-state index in [1.807, 2.05) is 30.3 Å². The number of carbonyl (C=O) groups excluding carboxylic acids is 3. The van der Waals surface area contributed by atoms with Gasteiger partial charge in [0.05, 0.1) is 18.1 Å². The van der Waals surface area contributed by atoms with Gasteiger partial charge in [-0.25, -0.2) is 0 Å². The number of para-hydroxylation sites is 1. The molecular formula is C23H27N3O4. The van der Waals surface area contributed by atoms with E-state index in [0.717, 1.165) is 18.4 Å². The zero-order chi connectivity index (χ0) is 21.3. The molecule has 1 atom stereocenters. The SMILES string of the molecule is CCCCOc1ccccc1C(=O)NNC(=O)C1CC(=O)N(Cc2ccccc2)C1. The molecule has 0 radical (unpaired) electrons. The topological polar surface area (TPSA) is 87.7 Å². The molecule has 1 unspecified atom stereocenters. The molecular weight excluding hydrogens is 382 g/mol. The van der Waals surface area contributed by atoms with Gasteiger partial charge in [0, 0.05) is 19.5 Å². The largest absolute Gasteiger partial charge is 0.493 e. The molecule has 2 N–H and O–H groups in total. The Bertz CT molecular complexity index is 885. The molecule has 0 aliphatic carbocycles. The Morgan fingerprint density at radius 3 is 2.57 bits per heavy atom. The number of benzene rings is 2. The first-order chi connectivity index (χ1) is 14.6. The zero-order valence-corrected chi connectivity index (χ0v) is 17.1. The molecule has 158 valence electrons. The smallest absolute Gasteiger partial charge is 0.273 e. The van der Waals surface area contributed by atoms with Crippen molar-refractivity contribution in [1.82, 2.24) is 15.8 Å². The summed E-state index contributed by atoms with van der Waals surface area (Å²) in [6, 6.07) is 16.5. The van der Waals surface area contributed by atoms with Crippen molar-refractivity contribution in [1.29, 1.82) is 0 Å². The molecule has 1 fully saturated rings. The summed E-state index contributed by atoms with van der Waals surface area (Å²) >= 11 is 0. The van der Waals surface area contributed by atoms with Gasteiger partial charge in [0.1, 0.15) is 5.75 Å². The third-order valence-electron chi connectivity index (χ3n) is 4.99. The van der Waals surface area contributed by atoms with E-state index < -0.39 is 11.8 Å². The van der Waals surface area contributed by atoms with Crippen LogP contribution in [-0.4, -0.2) is 35.8 Å². The van der Waals surface area contributed by atoms with Gasteiger partial charge in [-0.1, -0.05) is 55.8 Å². The van der Waals surface area contributed by atoms with Crippen LogP contribution in [0.5, 0.6) is 5.75 Å². The molecule has 3 rings (SSSR count). The van der Waals surface area contributed by atoms with Crippen LogP contribution < -0.4 is 15.6 Å². The van der Waals surface area contributed by atoms with Crippen LogP contribution in [0, 0.1) is 5.92 Å². The van der Waals surface area contributed by atoms with E-state index in [0.29, 0.717) is 31.0 Å². The van der Waals surface area contributed by atoms with Gasteiger partial charge >= 0.3 is 0 Å². The van der Waals surface area contributed by atoms with Crippen LogP contribution in [0.15, 0.2) is 54.6 Å². The summed E-state index contributed by atoms with van der Waals surface area (Å²) in [4.78, 5) is 38.9. The zero-order valence-electron chi connectivity index (χ0n) is 17.1. The van der Waals surface area contributed by atoms with Crippen LogP contribution in [0.3, 0.4) is 0 Å². The van der Waals surface area contributed by atoms with Gasteiger partial charge in [0.15, 0.2) is 0 Å². The van der Waals surface area contributed by atoms with E-state index in [4.69, 9.17) is 4.74 Å². The van der Waals surface area contributed by atoms with Crippen molar-refractivity contribution >= 4 is 17.7 Å². The van der Waals surface area contributed by atoms with Crippen LogP contribution in [-0.2, 0) is 16.1 Å². The summed E-state index contributed by atoms with van der Waals surface area (Å²) in [5, 5.41) is 0. The Hall–Kier alpha value is -3.35.